The quantitative estimate of drug-likeness (QED) is 0.660. The number of amides is 2. The minimum Gasteiger partial charge on any atom is -0.346 e. The molecule has 2 aromatic carbocycles. The zero-order valence-electron chi connectivity index (χ0n) is 14.7. The molecule has 3 N–H and O–H groups in total. The van der Waals surface area contributed by atoms with Crippen LogP contribution in [0.2, 0.25) is 0 Å². The first-order valence-corrected chi connectivity index (χ1v) is 8.94. The van der Waals surface area contributed by atoms with Gasteiger partial charge in [-0.2, -0.15) is 10.4 Å². The Morgan fingerprint density at radius 3 is 2.86 bits per heavy atom. The highest BCUT2D eigenvalue weighted by atomic mass is 16.2. The van der Waals surface area contributed by atoms with Gasteiger partial charge in [0.15, 0.2) is 0 Å². The zero-order valence-corrected chi connectivity index (χ0v) is 14.7. The lowest BCUT2D eigenvalue weighted by Crippen LogP contribution is -2.18. The molecule has 1 unspecified atom stereocenters. The number of rotatable bonds is 3. The van der Waals surface area contributed by atoms with Crippen LogP contribution in [0, 0.1) is 17.2 Å². The number of carbonyl (C=O) groups is 2. The van der Waals surface area contributed by atoms with Gasteiger partial charge in [-0.15, -0.1) is 0 Å². The van der Waals surface area contributed by atoms with Gasteiger partial charge in [0, 0.05) is 28.1 Å². The maximum absolute atomic E-state index is 12.7. The van der Waals surface area contributed by atoms with E-state index in [-0.39, 0.29) is 23.7 Å². The second-order valence-electron chi connectivity index (χ2n) is 7.02. The summed E-state index contributed by atoms with van der Waals surface area (Å²) >= 11 is 0. The van der Waals surface area contributed by atoms with Crippen molar-refractivity contribution in [2.45, 2.75) is 12.3 Å². The normalized spacial score (nSPS) is 19.6. The van der Waals surface area contributed by atoms with E-state index in [1.54, 1.807) is 12.1 Å². The van der Waals surface area contributed by atoms with Gasteiger partial charge in [0.05, 0.1) is 11.8 Å². The van der Waals surface area contributed by atoms with Crippen molar-refractivity contribution in [3.63, 3.8) is 0 Å². The van der Waals surface area contributed by atoms with E-state index in [0.717, 1.165) is 12.0 Å². The molecule has 28 heavy (non-hydrogen) atoms. The van der Waals surface area contributed by atoms with Crippen LogP contribution < -0.4 is 10.7 Å². The highest BCUT2D eigenvalue weighted by molar-refractivity contribution is 6.16. The Morgan fingerprint density at radius 2 is 2.07 bits per heavy atom. The molecule has 2 heterocycles. The first kappa shape index (κ1) is 16.3. The van der Waals surface area contributed by atoms with Gasteiger partial charge in [-0.25, -0.2) is 5.43 Å². The van der Waals surface area contributed by atoms with Crippen molar-refractivity contribution in [1.29, 1.82) is 5.26 Å². The van der Waals surface area contributed by atoms with Crippen LogP contribution in [0.15, 0.2) is 47.6 Å². The number of carbonyl (C=O) groups excluding carboxylic acids is 2. The fourth-order valence-electron chi connectivity index (χ4n) is 3.83. The van der Waals surface area contributed by atoms with Gasteiger partial charge in [-0.05, 0) is 30.0 Å². The lowest BCUT2D eigenvalue weighted by molar-refractivity contribution is -0.117. The minimum atomic E-state index is -0.381. The minimum absolute atomic E-state index is 0.0713. The molecule has 1 aromatic heterocycles. The van der Waals surface area contributed by atoms with Crippen molar-refractivity contribution in [2.24, 2.45) is 11.0 Å². The van der Waals surface area contributed by atoms with Crippen molar-refractivity contribution in [2.75, 3.05) is 5.32 Å². The Hall–Kier alpha value is -3.92. The summed E-state index contributed by atoms with van der Waals surface area (Å²) in [6, 6.07) is 15.4. The number of H-pyrrole nitrogens is 1. The van der Waals surface area contributed by atoms with E-state index in [9.17, 15) is 14.9 Å². The topological polar surface area (TPSA) is 110 Å². The van der Waals surface area contributed by atoms with Crippen LogP contribution in [0.5, 0.6) is 0 Å². The summed E-state index contributed by atoms with van der Waals surface area (Å²) in [6.07, 6.45) is 2.27. The highest BCUT2D eigenvalue weighted by Crippen LogP contribution is 2.48. The summed E-state index contributed by atoms with van der Waals surface area (Å²) < 4.78 is 0. The van der Waals surface area contributed by atoms with Crippen LogP contribution in [0.4, 0.5) is 5.69 Å². The van der Waals surface area contributed by atoms with Crippen molar-refractivity contribution < 1.29 is 9.59 Å². The number of aromatic nitrogens is 1. The molecule has 136 valence electrons. The van der Waals surface area contributed by atoms with Crippen LogP contribution in [0.1, 0.15) is 39.5 Å². The molecule has 1 saturated carbocycles. The monoisotopic (exact) mass is 369 g/mol. The molecule has 5 rings (SSSR count). The first-order valence-electron chi connectivity index (χ1n) is 8.94. The van der Waals surface area contributed by atoms with Gasteiger partial charge in [0.1, 0.15) is 11.8 Å². The number of aromatic amines is 1. The molecule has 1 aliphatic carbocycles. The number of hydrazone groups is 1. The van der Waals surface area contributed by atoms with Crippen LogP contribution in [0.3, 0.4) is 0 Å². The Morgan fingerprint density at radius 1 is 1.25 bits per heavy atom. The predicted molar refractivity (Wildman–Crippen MR) is 104 cm³/mol. The number of hydrogen-bond donors (Lipinski definition) is 3. The summed E-state index contributed by atoms with van der Waals surface area (Å²) in [7, 11) is 0. The van der Waals surface area contributed by atoms with Gasteiger partial charge >= 0.3 is 0 Å². The van der Waals surface area contributed by atoms with E-state index in [1.807, 2.05) is 30.3 Å². The fraction of sp³-hybridized carbons (Fsp3) is 0.143. The van der Waals surface area contributed by atoms with E-state index >= 15 is 0 Å². The van der Waals surface area contributed by atoms with E-state index in [4.69, 9.17) is 0 Å². The Bertz CT molecular complexity index is 1200. The van der Waals surface area contributed by atoms with Gasteiger partial charge in [0.25, 0.3) is 5.91 Å². The SMILES string of the molecule is N#Cc1[nH]c2cc(NC(=O)C3C[C@H]3c3ccccc3)cc3c2c1C=NNC3=O. The summed E-state index contributed by atoms with van der Waals surface area (Å²) in [5, 5.41) is 16.7. The smallest absolute Gasteiger partial charge is 0.272 e. The highest BCUT2D eigenvalue weighted by Gasteiger charge is 2.43. The number of nitrogens with zero attached hydrogens (tertiary/aromatic N) is 2. The van der Waals surface area contributed by atoms with E-state index in [0.29, 0.717) is 33.4 Å². The number of benzene rings is 2. The lowest BCUT2D eigenvalue weighted by atomic mass is 10.0. The molecule has 1 aliphatic heterocycles. The van der Waals surface area contributed by atoms with Gasteiger partial charge < -0.3 is 10.3 Å². The molecule has 0 bridgehead atoms. The lowest BCUT2D eigenvalue weighted by Gasteiger charge is -2.08. The molecule has 3 aromatic rings. The van der Waals surface area contributed by atoms with Crippen LogP contribution >= 0.6 is 0 Å². The van der Waals surface area contributed by atoms with Crippen LogP contribution in [-0.2, 0) is 4.79 Å². The Kier molecular flexibility index (Phi) is 3.52. The molecule has 0 spiro atoms. The third-order valence-corrected chi connectivity index (χ3v) is 5.28. The molecule has 0 saturated heterocycles. The molecule has 0 radical (unpaired) electrons. The molecule has 1 fully saturated rings. The van der Waals surface area contributed by atoms with Crippen LogP contribution in [0.25, 0.3) is 10.9 Å². The fourth-order valence-corrected chi connectivity index (χ4v) is 3.83. The average molecular weight is 369 g/mol. The standard InChI is InChI=1S/C21H15N5O2/c22-9-18-16-10-23-26-21(28)15-6-12(7-17(25-18)19(15)16)24-20(27)14-8-13(14)11-4-2-1-3-5-11/h1-7,10,13-14,25H,8H2,(H,24,27)(H,26,28)/t13-,14?/m0/s1. The maximum atomic E-state index is 12.7. The largest absolute Gasteiger partial charge is 0.346 e. The maximum Gasteiger partial charge on any atom is 0.272 e. The van der Waals surface area contributed by atoms with E-state index < -0.39 is 0 Å². The second-order valence-corrected chi connectivity index (χ2v) is 7.02. The number of anilines is 1. The van der Waals surface area contributed by atoms with Crippen LogP contribution in [-0.4, -0.2) is 23.0 Å². The predicted octanol–water partition coefficient (Wildman–Crippen LogP) is 2.86. The van der Waals surface area contributed by atoms with Crippen molar-refractivity contribution in [1.82, 2.24) is 10.4 Å². The van der Waals surface area contributed by atoms with Crippen molar-refractivity contribution in [3.05, 3.63) is 64.8 Å². The van der Waals surface area contributed by atoms with Crippen molar-refractivity contribution >= 4 is 34.6 Å². The summed E-state index contributed by atoms with van der Waals surface area (Å²) in [5.74, 6) is -0.306. The summed E-state index contributed by atoms with van der Waals surface area (Å²) in [6.45, 7) is 0. The molecule has 7 heteroatoms. The average Bonchev–Trinajstić information content (AvgIpc) is 3.46. The number of nitrogens with one attached hydrogen (secondary N) is 3. The third-order valence-electron chi connectivity index (χ3n) is 5.28. The van der Waals surface area contributed by atoms with Crippen molar-refractivity contribution in [3.8, 4) is 6.07 Å². The van der Waals surface area contributed by atoms with Gasteiger partial charge in [-0.3, -0.25) is 9.59 Å². The van der Waals surface area contributed by atoms with E-state index in [1.165, 1.54) is 6.21 Å². The summed E-state index contributed by atoms with van der Waals surface area (Å²) in [4.78, 5) is 28.1. The summed E-state index contributed by atoms with van der Waals surface area (Å²) in [5.41, 5.74) is 5.97. The zero-order chi connectivity index (χ0) is 19.3. The molecular weight excluding hydrogens is 354 g/mol. The second kappa shape index (κ2) is 6.06. The molecule has 2 amide bonds. The molecule has 7 nitrogen and oxygen atoms in total. The molecular formula is C21H15N5O2. The van der Waals surface area contributed by atoms with Gasteiger partial charge in [0.2, 0.25) is 5.91 Å². The number of nitriles is 1. The number of hydrogen-bond acceptors (Lipinski definition) is 4. The Balaban J connectivity index is 1.46. The van der Waals surface area contributed by atoms with Gasteiger partial charge in [-0.1, -0.05) is 30.3 Å². The molecule has 2 aliphatic rings. The Labute approximate surface area is 160 Å². The third kappa shape index (κ3) is 2.55. The molecule has 2 atom stereocenters. The first-order chi connectivity index (χ1) is 13.7. The van der Waals surface area contributed by atoms with E-state index in [2.05, 4.69) is 26.9 Å².